The Balaban J connectivity index is 2.10. The number of hydrogen-bond acceptors (Lipinski definition) is 5. The summed E-state index contributed by atoms with van der Waals surface area (Å²) < 4.78 is 11.6. The van der Waals surface area contributed by atoms with E-state index in [1.54, 1.807) is 43.5 Å². The minimum Gasteiger partial charge on any atom is -0.493 e. The fourth-order valence-corrected chi connectivity index (χ4v) is 3.53. The summed E-state index contributed by atoms with van der Waals surface area (Å²) in [5, 5.41) is 7.05. The maximum Gasteiger partial charge on any atom is 0.262 e. The van der Waals surface area contributed by atoms with Crippen LogP contribution in [0.25, 0.3) is 0 Å². The van der Waals surface area contributed by atoms with Gasteiger partial charge in [-0.15, -0.1) is 0 Å². The molecule has 1 atom stereocenters. The van der Waals surface area contributed by atoms with Crippen molar-refractivity contribution in [3.63, 3.8) is 0 Å². The third kappa shape index (κ3) is 6.70. The van der Waals surface area contributed by atoms with E-state index >= 15 is 0 Å². The number of carbonyl (C=O) groups is 2. The number of carbonyl (C=O) groups excluding carboxylic acids is 2. The molecule has 2 aromatic carbocycles. The van der Waals surface area contributed by atoms with Crippen LogP contribution in [0.5, 0.6) is 11.5 Å². The molecule has 0 saturated heterocycles. The topological polar surface area (TPSA) is 89.0 Å². The van der Waals surface area contributed by atoms with Crippen LogP contribution in [0.15, 0.2) is 46.0 Å². The zero-order valence-electron chi connectivity index (χ0n) is 17.7. The lowest BCUT2D eigenvalue weighted by molar-refractivity contribution is -0.123. The molecule has 0 aliphatic carbocycles. The van der Waals surface area contributed by atoms with Gasteiger partial charge in [0.2, 0.25) is 0 Å². The molecule has 0 radical (unpaired) electrons. The molecule has 0 saturated carbocycles. The Bertz CT molecular complexity index is 966. The van der Waals surface area contributed by atoms with E-state index in [2.05, 4.69) is 31.8 Å². The Morgan fingerprint density at radius 2 is 1.97 bits per heavy atom. The second kappa shape index (κ2) is 11.7. The molecule has 2 amide bonds. The Morgan fingerprint density at radius 1 is 1.26 bits per heavy atom. The average Bonchev–Trinajstić information content (AvgIpc) is 2.73. The van der Waals surface area contributed by atoms with E-state index in [0.717, 1.165) is 0 Å². The molecule has 0 bridgehead atoms. The van der Waals surface area contributed by atoms with Gasteiger partial charge in [0.15, 0.2) is 11.5 Å². The van der Waals surface area contributed by atoms with Crippen molar-refractivity contribution in [2.24, 2.45) is 11.0 Å². The number of benzene rings is 2. The van der Waals surface area contributed by atoms with Crippen molar-refractivity contribution in [1.82, 2.24) is 10.7 Å². The maximum absolute atomic E-state index is 12.6. The van der Waals surface area contributed by atoms with Crippen LogP contribution in [0, 0.1) is 5.92 Å². The minimum absolute atomic E-state index is 0.165. The van der Waals surface area contributed by atoms with Crippen molar-refractivity contribution in [2.75, 3.05) is 13.7 Å². The van der Waals surface area contributed by atoms with E-state index in [4.69, 9.17) is 21.1 Å². The molecule has 2 N–H and O–H groups in total. The number of rotatable bonds is 9. The second-order valence-corrected chi connectivity index (χ2v) is 8.14. The zero-order chi connectivity index (χ0) is 23.0. The van der Waals surface area contributed by atoms with E-state index in [1.165, 1.54) is 6.21 Å². The molecule has 0 aliphatic rings. The SMILES string of the molecule is CCOc1c(Br)cc(C=NNC(=O)C(NC(=O)c2ccccc2Cl)C(C)C)cc1OC. The van der Waals surface area contributed by atoms with Gasteiger partial charge in [0.05, 0.1) is 35.0 Å². The van der Waals surface area contributed by atoms with Crippen molar-refractivity contribution >= 4 is 45.6 Å². The van der Waals surface area contributed by atoms with Crippen molar-refractivity contribution < 1.29 is 19.1 Å². The van der Waals surface area contributed by atoms with Crippen LogP contribution in [-0.2, 0) is 4.79 Å². The molecule has 0 heterocycles. The van der Waals surface area contributed by atoms with Gasteiger partial charge in [-0.1, -0.05) is 37.6 Å². The molecule has 2 rings (SSSR count). The van der Waals surface area contributed by atoms with Crippen molar-refractivity contribution in [3.05, 3.63) is 57.0 Å². The zero-order valence-corrected chi connectivity index (χ0v) is 20.1. The first-order valence-corrected chi connectivity index (χ1v) is 10.8. The van der Waals surface area contributed by atoms with Gasteiger partial charge in [0.1, 0.15) is 6.04 Å². The lowest BCUT2D eigenvalue weighted by Gasteiger charge is -2.20. The van der Waals surface area contributed by atoms with Gasteiger partial charge in [0, 0.05) is 0 Å². The van der Waals surface area contributed by atoms with Crippen LogP contribution < -0.4 is 20.2 Å². The molecule has 0 fully saturated rings. The summed E-state index contributed by atoms with van der Waals surface area (Å²) in [4.78, 5) is 25.2. The van der Waals surface area contributed by atoms with E-state index in [1.807, 2.05) is 20.8 Å². The molecule has 9 heteroatoms. The van der Waals surface area contributed by atoms with Crippen LogP contribution in [0.3, 0.4) is 0 Å². The summed E-state index contributed by atoms with van der Waals surface area (Å²) in [5.41, 5.74) is 3.47. The Hall–Kier alpha value is -2.58. The third-order valence-electron chi connectivity index (χ3n) is 4.28. The average molecular weight is 511 g/mol. The number of amides is 2. The first kappa shape index (κ1) is 24.7. The summed E-state index contributed by atoms with van der Waals surface area (Å²) in [5.74, 6) is 0.0954. The highest BCUT2D eigenvalue weighted by Gasteiger charge is 2.25. The summed E-state index contributed by atoms with van der Waals surface area (Å²) in [6.07, 6.45) is 1.48. The molecule has 0 spiro atoms. The molecular weight excluding hydrogens is 486 g/mol. The molecule has 0 aliphatic heterocycles. The fourth-order valence-electron chi connectivity index (χ4n) is 2.74. The van der Waals surface area contributed by atoms with Crippen LogP contribution in [0.1, 0.15) is 36.7 Å². The second-order valence-electron chi connectivity index (χ2n) is 6.88. The lowest BCUT2D eigenvalue weighted by atomic mass is 10.0. The summed E-state index contributed by atoms with van der Waals surface area (Å²) in [6.45, 7) is 6.03. The molecule has 2 aromatic rings. The van der Waals surface area contributed by atoms with Gasteiger partial charge in [-0.25, -0.2) is 5.43 Å². The molecule has 1 unspecified atom stereocenters. The van der Waals surface area contributed by atoms with Crippen molar-refractivity contribution in [3.8, 4) is 11.5 Å². The number of halogens is 2. The number of ether oxygens (including phenoxy) is 2. The molecule has 0 aromatic heterocycles. The van der Waals surface area contributed by atoms with E-state index in [9.17, 15) is 9.59 Å². The van der Waals surface area contributed by atoms with Crippen molar-refractivity contribution in [1.29, 1.82) is 0 Å². The first-order chi connectivity index (χ1) is 14.8. The standard InChI is InChI=1S/C22H25BrClN3O4/c1-5-31-20-16(23)10-14(11-18(20)30-4)12-25-27-22(29)19(13(2)3)26-21(28)15-8-6-7-9-17(15)24/h6-13,19H,5H2,1-4H3,(H,26,28)(H,27,29). The number of nitrogens with one attached hydrogen (secondary N) is 2. The molecular formula is C22H25BrClN3O4. The summed E-state index contributed by atoms with van der Waals surface area (Å²) in [6, 6.07) is 9.40. The number of methoxy groups -OCH3 is 1. The van der Waals surface area contributed by atoms with Crippen molar-refractivity contribution in [2.45, 2.75) is 26.8 Å². The van der Waals surface area contributed by atoms with Crippen LogP contribution in [0.2, 0.25) is 5.02 Å². The van der Waals surface area contributed by atoms with Gasteiger partial charge in [-0.3, -0.25) is 9.59 Å². The van der Waals surface area contributed by atoms with E-state index in [0.29, 0.717) is 38.7 Å². The van der Waals surface area contributed by atoms with Gasteiger partial charge in [-0.05, 0) is 58.6 Å². The van der Waals surface area contributed by atoms with Gasteiger partial charge in [0.25, 0.3) is 11.8 Å². The predicted octanol–water partition coefficient (Wildman–Crippen LogP) is 4.41. The maximum atomic E-state index is 12.6. The van der Waals surface area contributed by atoms with E-state index < -0.39 is 17.9 Å². The normalized spacial score (nSPS) is 12.0. The summed E-state index contributed by atoms with van der Waals surface area (Å²) in [7, 11) is 1.54. The van der Waals surface area contributed by atoms with Crippen LogP contribution in [0.4, 0.5) is 0 Å². The third-order valence-corrected chi connectivity index (χ3v) is 5.20. The predicted molar refractivity (Wildman–Crippen MR) is 125 cm³/mol. The largest absolute Gasteiger partial charge is 0.493 e. The van der Waals surface area contributed by atoms with Gasteiger partial charge in [-0.2, -0.15) is 5.10 Å². The smallest absolute Gasteiger partial charge is 0.262 e. The Kier molecular flexibility index (Phi) is 9.33. The Morgan fingerprint density at radius 3 is 2.58 bits per heavy atom. The quantitative estimate of drug-likeness (QED) is 0.386. The van der Waals surface area contributed by atoms with E-state index in [-0.39, 0.29) is 5.92 Å². The molecule has 166 valence electrons. The highest BCUT2D eigenvalue weighted by Crippen LogP contribution is 2.36. The molecule has 7 nitrogen and oxygen atoms in total. The van der Waals surface area contributed by atoms with Gasteiger partial charge < -0.3 is 14.8 Å². The minimum atomic E-state index is -0.789. The highest BCUT2D eigenvalue weighted by molar-refractivity contribution is 9.10. The number of hydrogen-bond donors (Lipinski definition) is 2. The van der Waals surface area contributed by atoms with Gasteiger partial charge >= 0.3 is 0 Å². The molecule has 31 heavy (non-hydrogen) atoms. The first-order valence-electron chi connectivity index (χ1n) is 9.67. The summed E-state index contributed by atoms with van der Waals surface area (Å²) >= 11 is 9.52. The van der Waals surface area contributed by atoms with Crippen LogP contribution >= 0.6 is 27.5 Å². The number of nitrogens with zero attached hydrogens (tertiary/aromatic N) is 1. The monoisotopic (exact) mass is 509 g/mol. The highest BCUT2D eigenvalue weighted by atomic mass is 79.9. The lowest BCUT2D eigenvalue weighted by Crippen LogP contribution is -2.48. The Labute approximate surface area is 195 Å². The van der Waals surface area contributed by atoms with Crippen LogP contribution in [-0.4, -0.2) is 37.8 Å². The number of hydrazone groups is 1. The fraction of sp³-hybridized carbons (Fsp3) is 0.318.